The molecule has 1 saturated heterocycles. The van der Waals surface area contributed by atoms with E-state index >= 15 is 0 Å². The lowest BCUT2D eigenvalue weighted by molar-refractivity contribution is -0.134. The van der Waals surface area contributed by atoms with Gasteiger partial charge in [-0.15, -0.1) is 0 Å². The lowest BCUT2D eigenvalue weighted by Crippen LogP contribution is -2.51. The summed E-state index contributed by atoms with van der Waals surface area (Å²) in [4.78, 5) is 29.4. The van der Waals surface area contributed by atoms with E-state index < -0.39 is 0 Å². The molecule has 4 rings (SSSR count). The van der Waals surface area contributed by atoms with Crippen LogP contribution in [0.4, 0.5) is 0 Å². The standard InChI is InChI=1S/C27H28N2O4/c1-3-7-20-12-13-24(25(18-20)32-2)33-19-26(30)28-14-16-29(17-15-28)27(31)23-11-6-9-21-8-4-5-10-22(21)23/h3-13,18H,14-17,19H2,1-2H3/b7-3+. The third-order valence-electron chi connectivity index (χ3n) is 5.84. The number of allylic oxidation sites excluding steroid dienone is 1. The summed E-state index contributed by atoms with van der Waals surface area (Å²) in [6, 6.07) is 19.3. The van der Waals surface area contributed by atoms with Gasteiger partial charge in [0.1, 0.15) is 0 Å². The van der Waals surface area contributed by atoms with Crippen molar-refractivity contribution in [3.8, 4) is 11.5 Å². The van der Waals surface area contributed by atoms with Crippen molar-refractivity contribution in [1.29, 1.82) is 0 Å². The summed E-state index contributed by atoms with van der Waals surface area (Å²) < 4.78 is 11.1. The number of rotatable bonds is 6. The second-order valence-corrected chi connectivity index (χ2v) is 7.90. The summed E-state index contributed by atoms with van der Waals surface area (Å²) >= 11 is 0. The molecule has 33 heavy (non-hydrogen) atoms. The van der Waals surface area contributed by atoms with Crippen LogP contribution in [0.25, 0.3) is 16.8 Å². The Labute approximate surface area is 194 Å². The average molecular weight is 445 g/mol. The van der Waals surface area contributed by atoms with Crippen LogP contribution >= 0.6 is 0 Å². The maximum Gasteiger partial charge on any atom is 0.260 e. The topological polar surface area (TPSA) is 59.1 Å². The molecule has 1 fully saturated rings. The molecule has 0 N–H and O–H groups in total. The van der Waals surface area contributed by atoms with Gasteiger partial charge in [-0.25, -0.2) is 0 Å². The van der Waals surface area contributed by atoms with Crippen LogP contribution in [0.3, 0.4) is 0 Å². The van der Waals surface area contributed by atoms with E-state index in [1.54, 1.807) is 12.0 Å². The highest BCUT2D eigenvalue weighted by atomic mass is 16.5. The van der Waals surface area contributed by atoms with Gasteiger partial charge in [-0.1, -0.05) is 54.6 Å². The molecule has 0 saturated carbocycles. The molecule has 3 aromatic rings. The van der Waals surface area contributed by atoms with E-state index in [9.17, 15) is 9.59 Å². The molecular formula is C27H28N2O4. The van der Waals surface area contributed by atoms with Gasteiger partial charge in [-0.05, 0) is 41.5 Å². The first-order valence-electron chi connectivity index (χ1n) is 11.1. The average Bonchev–Trinajstić information content (AvgIpc) is 2.87. The zero-order chi connectivity index (χ0) is 23.2. The number of carbonyl (C=O) groups is 2. The Kier molecular flexibility index (Phi) is 6.93. The van der Waals surface area contributed by atoms with Crippen LogP contribution in [-0.4, -0.2) is 61.5 Å². The smallest absolute Gasteiger partial charge is 0.260 e. The Bertz CT molecular complexity index is 1170. The highest BCUT2D eigenvalue weighted by Gasteiger charge is 2.26. The van der Waals surface area contributed by atoms with E-state index in [4.69, 9.17) is 9.47 Å². The number of benzene rings is 3. The third-order valence-corrected chi connectivity index (χ3v) is 5.84. The normalized spacial score (nSPS) is 14.0. The largest absolute Gasteiger partial charge is 0.493 e. The Balaban J connectivity index is 1.34. The molecule has 3 aromatic carbocycles. The Morgan fingerprint density at radius 1 is 0.909 bits per heavy atom. The minimum atomic E-state index is -0.105. The predicted octanol–water partition coefficient (Wildman–Crippen LogP) is 4.24. The highest BCUT2D eigenvalue weighted by molar-refractivity contribution is 6.07. The van der Waals surface area contributed by atoms with Crippen molar-refractivity contribution < 1.29 is 19.1 Å². The highest BCUT2D eigenvalue weighted by Crippen LogP contribution is 2.28. The first-order valence-corrected chi connectivity index (χ1v) is 11.1. The summed E-state index contributed by atoms with van der Waals surface area (Å²) in [5.41, 5.74) is 1.70. The molecular weight excluding hydrogens is 416 g/mol. The first-order chi connectivity index (χ1) is 16.1. The van der Waals surface area contributed by atoms with Gasteiger partial charge in [0.25, 0.3) is 11.8 Å². The molecule has 0 aromatic heterocycles. The summed E-state index contributed by atoms with van der Waals surface area (Å²) in [5, 5.41) is 2.00. The molecule has 2 amide bonds. The van der Waals surface area contributed by atoms with Crippen molar-refractivity contribution in [2.24, 2.45) is 0 Å². The number of hydrogen-bond donors (Lipinski definition) is 0. The second kappa shape index (κ2) is 10.2. The van der Waals surface area contributed by atoms with E-state index in [0.717, 1.165) is 16.3 Å². The summed E-state index contributed by atoms with van der Waals surface area (Å²) in [5.74, 6) is 1.01. The molecule has 0 unspecified atom stereocenters. The minimum Gasteiger partial charge on any atom is -0.493 e. The van der Waals surface area contributed by atoms with Crippen LogP contribution in [0.1, 0.15) is 22.8 Å². The number of carbonyl (C=O) groups excluding carboxylic acids is 2. The molecule has 0 radical (unpaired) electrons. The van der Waals surface area contributed by atoms with Gasteiger partial charge in [-0.3, -0.25) is 9.59 Å². The van der Waals surface area contributed by atoms with Gasteiger partial charge in [0, 0.05) is 31.7 Å². The lowest BCUT2D eigenvalue weighted by Gasteiger charge is -2.35. The number of nitrogens with zero attached hydrogens (tertiary/aromatic N) is 2. The third kappa shape index (κ3) is 5.00. The molecule has 1 aliphatic heterocycles. The van der Waals surface area contributed by atoms with Gasteiger partial charge >= 0.3 is 0 Å². The van der Waals surface area contributed by atoms with E-state index in [1.165, 1.54) is 0 Å². The van der Waals surface area contributed by atoms with E-state index in [0.29, 0.717) is 43.2 Å². The van der Waals surface area contributed by atoms with Crippen molar-refractivity contribution in [1.82, 2.24) is 9.80 Å². The summed E-state index contributed by atoms with van der Waals surface area (Å²) in [7, 11) is 1.58. The molecule has 0 spiro atoms. The molecule has 1 heterocycles. The molecule has 0 atom stereocenters. The number of piperazine rings is 1. The van der Waals surface area contributed by atoms with Crippen molar-refractivity contribution in [2.45, 2.75) is 6.92 Å². The van der Waals surface area contributed by atoms with Crippen molar-refractivity contribution in [3.05, 3.63) is 77.9 Å². The monoisotopic (exact) mass is 444 g/mol. The molecule has 6 heteroatoms. The quantitative estimate of drug-likeness (QED) is 0.571. The van der Waals surface area contributed by atoms with Gasteiger partial charge in [0.05, 0.1) is 7.11 Å². The number of methoxy groups -OCH3 is 1. The molecule has 0 bridgehead atoms. The minimum absolute atomic E-state index is 0.00102. The van der Waals surface area contributed by atoms with Gasteiger partial charge in [-0.2, -0.15) is 0 Å². The SMILES string of the molecule is C/C=C/c1ccc(OCC(=O)N2CCN(C(=O)c3cccc4ccccc34)CC2)c(OC)c1. The van der Waals surface area contributed by atoms with Crippen LogP contribution in [-0.2, 0) is 4.79 Å². The van der Waals surface area contributed by atoms with Gasteiger partial charge in [0.15, 0.2) is 18.1 Å². The predicted molar refractivity (Wildman–Crippen MR) is 130 cm³/mol. The zero-order valence-electron chi connectivity index (χ0n) is 19.0. The molecule has 0 aliphatic carbocycles. The van der Waals surface area contributed by atoms with E-state index in [-0.39, 0.29) is 18.4 Å². The van der Waals surface area contributed by atoms with Crippen molar-refractivity contribution in [3.63, 3.8) is 0 Å². The van der Waals surface area contributed by atoms with Gasteiger partial charge in [0.2, 0.25) is 0 Å². The van der Waals surface area contributed by atoms with Crippen LogP contribution in [0.5, 0.6) is 11.5 Å². The molecule has 1 aliphatic rings. The van der Waals surface area contributed by atoms with E-state index in [2.05, 4.69) is 0 Å². The fourth-order valence-electron chi connectivity index (χ4n) is 4.07. The maximum atomic E-state index is 13.1. The zero-order valence-corrected chi connectivity index (χ0v) is 19.0. The number of ether oxygens (including phenoxy) is 2. The first kappa shape index (κ1) is 22.4. The number of hydrogen-bond acceptors (Lipinski definition) is 4. The summed E-state index contributed by atoms with van der Waals surface area (Å²) in [6.45, 7) is 3.83. The number of amides is 2. The van der Waals surface area contributed by atoms with Crippen molar-refractivity contribution in [2.75, 3.05) is 39.9 Å². The Morgan fingerprint density at radius 2 is 1.64 bits per heavy atom. The lowest BCUT2D eigenvalue weighted by atomic mass is 10.0. The van der Waals surface area contributed by atoms with Crippen LogP contribution in [0.2, 0.25) is 0 Å². The van der Waals surface area contributed by atoms with Crippen molar-refractivity contribution >= 4 is 28.7 Å². The second-order valence-electron chi connectivity index (χ2n) is 7.90. The molecule has 170 valence electrons. The number of fused-ring (bicyclic) bond motifs is 1. The maximum absolute atomic E-state index is 13.1. The Morgan fingerprint density at radius 3 is 2.39 bits per heavy atom. The fourth-order valence-corrected chi connectivity index (χ4v) is 4.07. The molecule has 6 nitrogen and oxygen atoms in total. The fraction of sp³-hybridized carbons (Fsp3) is 0.259. The van der Waals surface area contributed by atoms with E-state index in [1.807, 2.05) is 84.6 Å². The van der Waals surface area contributed by atoms with Gasteiger partial charge < -0.3 is 19.3 Å². The Hall–Kier alpha value is -3.80. The van der Waals surface area contributed by atoms with Crippen LogP contribution in [0.15, 0.2) is 66.7 Å². The summed E-state index contributed by atoms with van der Waals surface area (Å²) in [6.07, 6.45) is 3.92. The van der Waals surface area contributed by atoms with Crippen LogP contribution < -0.4 is 9.47 Å². The van der Waals surface area contributed by atoms with Crippen LogP contribution in [0, 0.1) is 0 Å².